The van der Waals surface area contributed by atoms with Crippen molar-refractivity contribution in [2.45, 2.75) is 19.4 Å². The van der Waals surface area contributed by atoms with Gasteiger partial charge in [0.25, 0.3) is 5.91 Å². The van der Waals surface area contributed by atoms with Crippen LogP contribution in [0, 0.1) is 0 Å². The van der Waals surface area contributed by atoms with Crippen LogP contribution in [-0.4, -0.2) is 22.0 Å². The molecule has 2 amide bonds. The molecule has 0 aliphatic rings. The molecule has 0 saturated carbocycles. The van der Waals surface area contributed by atoms with E-state index >= 15 is 0 Å². The van der Waals surface area contributed by atoms with Gasteiger partial charge in [-0.1, -0.05) is 28.9 Å². The van der Waals surface area contributed by atoms with Gasteiger partial charge in [0, 0.05) is 35.7 Å². The van der Waals surface area contributed by atoms with Gasteiger partial charge in [-0.2, -0.15) is 4.98 Å². The fourth-order valence-electron chi connectivity index (χ4n) is 2.89. The fourth-order valence-corrected chi connectivity index (χ4v) is 3.01. The van der Waals surface area contributed by atoms with Gasteiger partial charge in [-0.05, 0) is 54.1 Å². The minimum absolute atomic E-state index is 0.133. The van der Waals surface area contributed by atoms with Crippen molar-refractivity contribution in [1.29, 1.82) is 0 Å². The van der Waals surface area contributed by atoms with Crippen LogP contribution in [0.25, 0.3) is 11.4 Å². The van der Waals surface area contributed by atoms with Crippen molar-refractivity contribution in [2.24, 2.45) is 0 Å². The maximum absolute atomic E-state index is 12.2. The van der Waals surface area contributed by atoms with Gasteiger partial charge in [-0.3, -0.25) is 9.59 Å². The van der Waals surface area contributed by atoms with Crippen LogP contribution >= 0.6 is 11.6 Å². The van der Waals surface area contributed by atoms with E-state index in [9.17, 15) is 9.59 Å². The monoisotopic (exact) mass is 450 g/mol. The van der Waals surface area contributed by atoms with Crippen LogP contribution in [0.5, 0.6) is 0 Å². The number of aryl methyl sites for hydroxylation is 1. The van der Waals surface area contributed by atoms with E-state index < -0.39 is 0 Å². The molecule has 0 atom stereocenters. The lowest BCUT2D eigenvalue weighted by molar-refractivity contribution is -0.121. The lowest BCUT2D eigenvalue weighted by Crippen LogP contribution is -2.23. The third-order valence-electron chi connectivity index (χ3n) is 4.58. The molecule has 32 heavy (non-hydrogen) atoms. The lowest BCUT2D eigenvalue weighted by Gasteiger charge is -2.07. The smallest absolute Gasteiger partial charge is 0.291 e. The Morgan fingerprint density at radius 2 is 1.78 bits per heavy atom. The molecule has 2 heterocycles. The first kappa shape index (κ1) is 21.3. The summed E-state index contributed by atoms with van der Waals surface area (Å²) in [4.78, 5) is 28.5. The molecule has 0 radical (unpaired) electrons. The molecule has 0 spiro atoms. The fraction of sp³-hybridized carbons (Fsp3) is 0.130. The number of hydrogen-bond acceptors (Lipinski definition) is 6. The maximum Gasteiger partial charge on any atom is 0.291 e. The number of benzene rings is 2. The summed E-state index contributed by atoms with van der Waals surface area (Å²) in [6.07, 6.45) is 2.00. The summed E-state index contributed by atoms with van der Waals surface area (Å²) in [5.74, 6) is 0.628. The second kappa shape index (κ2) is 9.93. The average Bonchev–Trinajstić information content (AvgIpc) is 3.50. The number of carbonyl (C=O) groups excluding carboxylic acids is 2. The van der Waals surface area contributed by atoms with Crippen LogP contribution in [-0.2, 0) is 17.8 Å². The van der Waals surface area contributed by atoms with Crippen molar-refractivity contribution < 1.29 is 18.5 Å². The van der Waals surface area contributed by atoms with Crippen LogP contribution in [0.4, 0.5) is 5.69 Å². The molecular formula is C23H19ClN4O4. The molecule has 0 saturated heterocycles. The zero-order valence-electron chi connectivity index (χ0n) is 16.9. The van der Waals surface area contributed by atoms with Crippen molar-refractivity contribution >= 4 is 29.1 Å². The number of nitrogens with zero attached hydrogens (tertiary/aromatic N) is 2. The molecule has 2 aromatic carbocycles. The van der Waals surface area contributed by atoms with E-state index in [0.717, 1.165) is 11.1 Å². The van der Waals surface area contributed by atoms with Gasteiger partial charge in [0.15, 0.2) is 5.76 Å². The van der Waals surface area contributed by atoms with Crippen LogP contribution in [0.1, 0.15) is 28.4 Å². The number of hydrogen-bond donors (Lipinski definition) is 2. The van der Waals surface area contributed by atoms with E-state index in [4.69, 9.17) is 20.5 Å². The van der Waals surface area contributed by atoms with Crippen LogP contribution in [0.3, 0.4) is 0 Å². The molecular weight excluding hydrogens is 432 g/mol. The van der Waals surface area contributed by atoms with Crippen molar-refractivity contribution in [1.82, 2.24) is 15.5 Å². The number of aromatic nitrogens is 2. The standard InChI is InChI=1S/C23H19ClN4O4/c24-17-7-5-16(6-8-17)22-27-21(32-28-22)12-11-20(29)25-14-15-3-9-18(10-4-15)26-23(30)19-2-1-13-31-19/h1-10,13H,11-12,14H2,(H,25,29)(H,26,30). The Hall–Kier alpha value is -3.91. The van der Waals surface area contributed by atoms with Gasteiger partial charge in [-0.25, -0.2) is 0 Å². The molecule has 162 valence electrons. The van der Waals surface area contributed by atoms with Crippen molar-refractivity contribution in [3.63, 3.8) is 0 Å². The summed E-state index contributed by atoms with van der Waals surface area (Å²) in [5.41, 5.74) is 2.32. The molecule has 0 fully saturated rings. The molecule has 2 N–H and O–H groups in total. The second-order valence-corrected chi connectivity index (χ2v) is 7.36. The number of carbonyl (C=O) groups is 2. The third-order valence-corrected chi connectivity index (χ3v) is 4.83. The van der Waals surface area contributed by atoms with Gasteiger partial charge in [-0.15, -0.1) is 0 Å². The van der Waals surface area contributed by atoms with Crippen molar-refractivity contribution in [3.8, 4) is 11.4 Å². The Balaban J connectivity index is 1.22. The first-order valence-corrected chi connectivity index (χ1v) is 10.2. The summed E-state index contributed by atoms with van der Waals surface area (Å²) in [6.45, 7) is 0.366. The van der Waals surface area contributed by atoms with E-state index in [1.807, 2.05) is 12.1 Å². The summed E-state index contributed by atoms with van der Waals surface area (Å²) >= 11 is 5.88. The quantitative estimate of drug-likeness (QED) is 0.409. The highest BCUT2D eigenvalue weighted by Gasteiger charge is 2.11. The highest BCUT2D eigenvalue weighted by Crippen LogP contribution is 2.19. The molecule has 8 nitrogen and oxygen atoms in total. The minimum atomic E-state index is -0.323. The number of anilines is 1. The van der Waals surface area contributed by atoms with Gasteiger partial charge in [0.1, 0.15) is 0 Å². The SMILES string of the molecule is O=C(CCc1nc(-c2ccc(Cl)cc2)no1)NCc1ccc(NC(=O)c2ccco2)cc1. The van der Waals surface area contributed by atoms with Crippen LogP contribution in [0.2, 0.25) is 5.02 Å². The Bertz CT molecular complexity index is 1190. The number of amides is 2. The number of nitrogens with one attached hydrogen (secondary N) is 2. The molecule has 0 unspecified atom stereocenters. The Morgan fingerprint density at radius 3 is 2.50 bits per heavy atom. The summed E-state index contributed by atoms with van der Waals surface area (Å²) in [7, 11) is 0. The van der Waals surface area contributed by atoms with Gasteiger partial charge < -0.3 is 19.6 Å². The van der Waals surface area contributed by atoms with Crippen LogP contribution in [0.15, 0.2) is 75.9 Å². The predicted octanol–water partition coefficient (Wildman–Crippen LogP) is 4.48. The van der Waals surface area contributed by atoms with E-state index in [1.54, 1.807) is 48.5 Å². The molecule has 0 aliphatic carbocycles. The van der Waals surface area contributed by atoms with E-state index in [2.05, 4.69) is 20.8 Å². The zero-order valence-corrected chi connectivity index (χ0v) is 17.6. The number of rotatable bonds is 8. The van der Waals surface area contributed by atoms with Gasteiger partial charge in [0.05, 0.1) is 6.26 Å². The summed E-state index contributed by atoms with van der Waals surface area (Å²) in [6, 6.07) is 17.5. The molecule has 4 rings (SSSR count). The number of furan rings is 1. The zero-order chi connectivity index (χ0) is 22.3. The highest BCUT2D eigenvalue weighted by molar-refractivity contribution is 6.30. The van der Waals surface area contributed by atoms with E-state index in [0.29, 0.717) is 35.4 Å². The molecule has 0 aliphatic heterocycles. The summed E-state index contributed by atoms with van der Waals surface area (Å²) in [5, 5.41) is 10.2. The molecule has 4 aromatic rings. The van der Waals surface area contributed by atoms with Crippen molar-refractivity contribution in [3.05, 3.63) is 89.2 Å². The normalized spacial score (nSPS) is 10.7. The Kier molecular flexibility index (Phi) is 6.62. The molecule has 9 heteroatoms. The average molecular weight is 451 g/mol. The first-order chi connectivity index (χ1) is 15.6. The van der Waals surface area contributed by atoms with Crippen molar-refractivity contribution in [2.75, 3.05) is 5.32 Å². The van der Waals surface area contributed by atoms with E-state index in [-0.39, 0.29) is 24.0 Å². The first-order valence-electron chi connectivity index (χ1n) is 9.86. The minimum Gasteiger partial charge on any atom is -0.459 e. The second-order valence-electron chi connectivity index (χ2n) is 6.92. The van der Waals surface area contributed by atoms with Gasteiger partial charge >= 0.3 is 0 Å². The van der Waals surface area contributed by atoms with E-state index in [1.165, 1.54) is 6.26 Å². The third kappa shape index (κ3) is 5.61. The Labute approximate surface area is 188 Å². The highest BCUT2D eigenvalue weighted by atomic mass is 35.5. The van der Waals surface area contributed by atoms with Crippen LogP contribution < -0.4 is 10.6 Å². The number of halogens is 1. The molecule has 2 aromatic heterocycles. The lowest BCUT2D eigenvalue weighted by atomic mass is 10.2. The summed E-state index contributed by atoms with van der Waals surface area (Å²) < 4.78 is 10.3. The largest absolute Gasteiger partial charge is 0.459 e. The molecule has 0 bridgehead atoms. The topological polar surface area (TPSA) is 110 Å². The van der Waals surface area contributed by atoms with Gasteiger partial charge in [0.2, 0.25) is 17.6 Å². The maximum atomic E-state index is 12.2. The Morgan fingerprint density at radius 1 is 1.00 bits per heavy atom. The predicted molar refractivity (Wildman–Crippen MR) is 118 cm³/mol.